The van der Waals surface area contributed by atoms with Crippen LogP contribution in [0.2, 0.25) is 0 Å². The van der Waals surface area contributed by atoms with Gasteiger partial charge in [-0.05, 0) is 44.2 Å². The van der Waals surface area contributed by atoms with E-state index in [4.69, 9.17) is 0 Å². The van der Waals surface area contributed by atoms with Crippen LogP contribution >= 0.6 is 0 Å². The molecule has 1 fully saturated rings. The average molecular weight is 262 g/mol. The molecule has 19 heavy (non-hydrogen) atoms. The first-order chi connectivity index (χ1) is 9.02. The number of carboxylic acids is 1. The van der Waals surface area contributed by atoms with Crippen LogP contribution in [-0.2, 0) is 6.42 Å². The van der Waals surface area contributed by atoms with E-state index in [1.807, 2.05) is 7.05 Å². The van der Waals surface area contributed by atoms with Crippen molar-refractivity contribution >= 4 is 11.8 Å². The van der Waals surface area contributed by atoms with Crippen LogP contribution < -0.4 is 4.90 Å². The molecule has 0 amide bonds. The van der Waals surface area contributed by atoms with E-state index in [2.05, 4.69) is 23.7 Å². The van der Waals surface area contributed by atoms with Gasteiger partial charge in [-0.25, -0.2) is 9.78 Å². The van der Waals surface area contributed by atoms with E-state index in [9.17, 15) is 9.90 Å². The summed E-state index contributed by atoms with van der Waals surface area (Å²) in [6, 6.07) is 3.79. The topological polar surface area (TPSA) is 53.4 Å². The van der Waals surface area contributed by atoms with Crippen molar-refractivity contribution in [3.8, 4) is 0 Å². The molecule has 0 spiro atoms. The van der Waals surface area contributed by atoms with Crippen LogP contribution in [-0.4, -0.2) is 29.1 Å². The summed E-state index contributed by atoms with van der Waals surface area (Å²) >= 11 is 0. The lowest BCUT2D eigenvalue weighted by molar-refractivity contribution is 0.0696. The van der Waals surface area contributed by atoms with Crippen molar-refractivity contribution < 1.29 is 9.90 Å². The number of carbonyl (C=O) groups is 1. The van der Waals surface area contributed by atoms with Gasteiger partial charge < -0.3 is 10.0 Å². The number of carboxylic acid groups (broad SMARTS) is 1. The Bertz CT molecular complexity index is 469. The summed E-state index contributed by atoms with van der Waals surface area (Å²) in [6.45, 7) is 4.26. The molecule has 0 radical (unpaired) electrons. The zero-order valence-corrected chi connectivity index (χ0v) is 11.9. The van der Waals surface area contributed by atoms with Gasteiger partial charge in [0.15, 0.2) is 0 Å². The largest absolute Gasteiger partial charge is 0.478 e. The van der Waals surface area contributed by atoms with Gasteiger partial charge in [0, 0.05) is 18.8 Å². The first kappa shape index (κ1) is 13.8. The van der Waals surface area contributed by atoms with Gasteiger partial charge in [-0.2, -0.15) is 0 Å². The molecule has 1 N–H and O–H groups in total. The van der Waals surface area contributed by atoms with Gasteiger partial charge in [0.1, 0.15) is 5.82 Å². The molecule has 1 unspecified atom stereocenters. The molecule has 0 bridgehead atoms. The van der Waals surface area contributed by atoms with Gasteiger partial charge in [-0.1, -0.05) is 13.3 Å². The number of nitrogens with zero attached hydrogens (tertiary/aromatic N) is 2. The smallest absolute Gasteiger partial charge is 0.335 e. The van der Waals surface area contributed by atoms with Gasteiger partial charge in [0.2, 0.25) is 0 Å². The Morgan fingerprint density at radius 1 is 1.53 bits per heavy atom. The lowest BCUT2D eigenvalue weighted by Crippen LogP contribution is -2.31. The fourth-order valence-electron chi connectivity index (χ4n) is 2.36. The second kappa shape index (κ2) is 5.59. The highest BCUT2D eigenvalue weighted by Gasteiger charge is 2.31. The van der Waals surface area contributed by atoms with Crippen LogP contribution in [0.4, 0.5) is 5.82 Å². The Morgan fingerprint density at radius 3 is 2.74 bits per heavy atom. The average Bonchev–Trinajstić information content (AvgIpc) is 3.21. The molecular weight excluding hydrogens is 240 g/mol. The molecule has 4 heteroatoms. The van der Waals surface area contributed by atoms with E-state index in [-0.39, 0.29) is 0 Å². The second-order valence-corrected chi connectivity index (χ2v) is 5.45. The number of aromatic nitrogens is 1. The monoisotopic (exact) mass is 262 g/mol. The first-order valence-electron chi connectivity index (χ1n) is 7.00. The summed E-state index contributed by atoms with van der Waals surface area (Å²) < 4.78 is 0. The number of pyridine rings is 1. The predicted octanol–water partition coefficient (Wildman–Crippen LogP) is 2.97. The van der Waals surface area contributed by atoms with E-state index in [0.717, 1.165) is 30.3 Å². The molecule has 1 aliphatic rings. The molecule has 104 valence electrons. The van der Waals surface area contributed by atoms with Gasteiger partial charge >= 0.3 is 5.97 Å². The molecule has 1 saturated carbocycles. The normalized spacial score (nSPS) is 16.2. The van der Waals surface area contributed by atoms with Crippen LogP contribution in [0, 0.1) is 5.92 Å². The zero-order chi connectivity index (χ0) is 14.0. The van der Waals surface area contributed by atoms with E-state index in [1.54, 1.807) is 12.1 Å². The van der Waals surface area contributed by atoms with Gasteiger partial charge in [0.25, 0.3) is 0 Å². The van der Waals surface area contributed by atoms with Crippen LogP contribution in [0.5, 0.6) is 0 Å². The summed E-state index contributed by atoms with van der Waals surface area (Å²) in [4.78, 5) is 17.9. The van der Waals surface area contributed by atoms with E-state index < -0.39 is 5.97 Å². The molecule has 0 saturated heterocycles. The Balaban J connectivity index is 2.29. The first-order valence-corrected chi connectivity index (χ1v) is 7.00. The molecule has 0 aliphatic heterocycles. The van der Waals surface area contributed by atoms with Gasteiger partial charge in [-0.3, -0.25) is 0 Å². The van der Waals surface area contributed by atoms with Crippen molar-refractivity contribution in [1.82, 2.24) is 4.98 Å². The number of aromatic carboxylic acids is 1. The van der Waals surface area contributed by atoms with Gasteiger partial charge in [0.05, 0.1) is 5.56 Å². The van der Waals surface area contributed by atoms with Crippen LogP contribution in [0.25, 0.3) is 0 Å². The van der Waals surface area contributed by atoms with Crippen molar-refractivity contribution in [2.45, 2.75) is 45.6 Å². The second-order valence-electron chi connectivity index (χ2n) is 5.45. The molecule has 0 aromatic carbocycles. The number of hydrogen-bond acceptors (Lipinski definition) is 3. The SMILES string of the molecule is CCCc1cc(C(=O)O)cc(N(C)C(C)C2CC2)n1. The van der Waals surface area contributed by atoms with E-state index >= 15 is 0 Å². The maximum Gasteiger partial charge on any atom is 0.335 e. The molecule has 2 rings (SSSR count). The molecule has 1 aromatic heterocycles. The number of hydrogen-bond donors (Lipinski definition) is 1. The minimum absolute atomic E-state index is 0.336. The van der Waals surface area contributed by atoms with Crippen molar-refractivity contribution in [1.29, 1.82) is 0 Å². The summed E-state index contributed by atoms with van der Waals surface area (Å²) in [7, 11) is 2.01. The molecule has 1 heterocycles. The summed E-state index contributed by atoms with van der Waals surface area (Å²) in [5.74, 6) is 0.631. The zero-order valence-electron chi connectivity index (χ0n) is 11.9. The van der Waals surface area contributed by atoms with Crippen LogP contribution in [0.15, 0.2) is 12.1 Å². The third kappa shape index (κ3) is 3.25. The van der Waals surface area contributed by atoms with Crippen molar-refractivity contribution in [2.24, 2.45) is 5.92 Å². The van der Waals surface area contributed by atoms with Crippen molar-refractivity contribution in [3.63, 3.8) is 0 Å². The fraction of sp³-hybridized carbons (Fsp3) is 0.600. The van der Waals surface area contributed by atoms with Crippen molar-refractivity contribution in [3.05, 3.63) is 23.4 Å². The highest BCUT2D eigenvalue weighted by Crippen LogP contribution is 2.36. The molecule has 1 atom stereocenters. The Labute approximate surface area is 114 Å². The maximum atomic E-state index is 11.2. The Hall–Kier alpha value is -1.58. The van der Waals surface area contributed by atoms with Crippen LogP contribution in [0.1, 0.15) is 49.2 Å². The lowest BCUT2D eigenvalue weighted by atomic mass is 10.1. The quantitative estimate of drug-likeness (QED) is 0.856. The standard InChI is InChI=1S/C15H22N2O2/c1-4-5-13-8-12(15(18)19)9-14(16-13)17(3)10(2)11-6-7-11/h8-11H,4-7H2,1-3H3,(H,18,19). The van der Waals surface area contributed by atoms with Crippen molar-refractivity contribution in [2.75, 3.05) is 11.9 Å². The number of anilines is 1. The number of rotatable bonds is 6. The van der Waals surface area contributed by atoms with Crippen LogP contribution in [0.3, 0.4) is 0 Å². The summed E-state index contributed by atoms with van der Waals surface area (Å²) in [5, 5.41) is 9.20. The number of aryl methyl sites for hydroxylation is 1. The minimum Gasteiger partial charge on any atom is -0.478 e. The van der Waals surface area contributed by atoms with E-state index in [0.29, 0.717) is 11.6 Å². The lowest BCUT2D eigenvalue weighted by Gasteiger charge is -2.26. The molecule has 4 nitrogen and oxygen atoms in total. The fourth-order valence-corrected chi connectivity index (χ4v) is 2.36. The predicted molar refractivity (Wildman–Crippen MR) is 75.8 cm³/mol. The molecule has 1 aromatic rings. The summed E-state index contributed by atoms with van der Waals surface area (Å²) in [5.41, 5.74) is 1.20. The third-order valence-corrected chi connectivity index (χ3v) is 3.89. The molecular formula is C15H22N2O2. The Morgan fingerprint density at radius 2 is 2.21 bits per heavy atom. The Kier molecular flexibility index (Phi) is 4.08. The minimum atomic E-state index is -0.881. The maximum absolute atomic E-state index is 11.2. The van der Waals surface area contributed by atoms with Gasteiger partial charge in [-0.15, -0.1) is 0 Å². The highest BCUT2D eigenvalue weighted by molar-refractivity contribution is 5.88. The highest BCUT2D eigenvalue weighted by atomic mass is 16.4. The third-order valence-electron chi connectivity index (χ3n) is 3.89. The summed E-state index contributed by atoms with van der Waals surface area (Å²) in [6.07, 6.45) is 4.33. The molecule has 1 aliphatic carbocycles. The van der Waals surface area contributed by atoms with E-state index in [1.165, 1.54) is 12.8 Å².